The molecule has 0 amide bonds. The molecule has 0 atom stereocenters. The van der Waals surface area contributed by atoms with E-state index in [1.165, 1.54) is 35.9 Å². The summed E-state index contributed by atoms with van der Waals surface area (Å²) >= 11 is 3.32. The van der Waals surface area contributed by atoms with E-state index >= 15 is 0 Å². The molecule has 0 saturated carbocycles. The first-order chi connectivity index (χ1) is 5.86. The summed E-state index contributed by atoms with van der Waals surface area (Å²) < 4.78 is 4.24. The summed E-state index contributed by atoms with van der Waals surface area (Å²) in [6, 6.07) is 0. The van der Waals surface area contributed by atoms with E-state index in [1.807, 2.05) is 11.8 Å². The van der Waals surface area contributed by atoms with Crippen LogP contribution in [0.1, 0.15) is 24.6 Å². The molecule has 1 aromatic rings. The quantitative estimate of drug-likeness (QED) is 0.752. The number of hydrogen-bond acceptors (Lipinski definition) is 5. The van der Waals surface area contributed by atoms with Gasteiger partial charge in [0.25, 0.3) is 0 Å². The van der Waals surface area contributed by atoms with Crippen LogP contribution in [0.15, 0.2) is 0 Å². The summed E-state index contributed by atoms with van der Waals surface area (Å²) in [5.41, 5.74) is 5.52. The second-order valence-electron chi connectivity index (χ2n) is 2.88. The SMILES string of the molecule is Nc1nc(C2CCSCC2)ns1. The van der Waals surface area contributed by atoms with Gasteiger partial charge in [0, 0.05) is 17.5 Å². The van der Waals surface area contributed by atoms with Gasteiger partial charge in [-0.1, -0.05) is 0 Å². The summed E-state index contributed by atoms with van der Waals surface area (Å²) in [6.07, 6.45) is 2.42. The maximum absolute atomic E-state index is 5.52. The Labute approximate surface area is 79.9 Å². The van der Waals surface area contributed by atoms with E-state index in [1.54, 1.807) is 0 Å². The highest BCUT2D eigenvalue weighted by atomic mass is 32.2. The Kier molecular flexibility index (Phi) is 2.51. The van der Waals surface area contributed by atoms with Crippen LogP contribution in [-0.2, 0) is 0 Å². The van der Waals surface area contributed by atoms with Gasteiger partial charge < -0.3 is 5.73 Å². The molecule has 0 spiro atoms. The van der Waals surface area contributed by atoms with Crippen molar-refractivity contribution in [2.24, 2.45) is 0 Å². The molecule has 2 N–H and O–H groups in total. The number of nitrogens with two attached hydrogens (primary N) is 1. The lowest BCUT2D eigenvalue weighted by molar-refractivity contribution is 0.608. The van der Waals surface area contributed by atoms with Crippen LogP contribution < -0.4 is 5.73 Å². The van der Waals surface area contributed by atoms with Crippen LogP contribution in [0.4, 0.5) is 5.13 Å². The van der Waals surface area contributed by atoms with Gasteiger partial charge in [0.1, 0.15) is 5.82 Å². The zero-order valence-corrected chi connectivity index (χ0v) is 8.33. The lowest BCUT2D eigenvalue weighted by Crippen LogP contribution is -2.09. The van der Waals surface area contributed by atoms with Gasteiger partial charge in [0.05, 0.1) is 0 Å². The molecule has 66 valence electrons. The molecule has 1 aliphatic rings. The Bertz CT molecular complexity index is 255. The van der Waals surface area contributed by atoms with Crippen LogP contribution in [0.2, 0.25) is 0 Å². The lowest BCUT2D eigenvalue weighted by atomic mass is 10.0. The first-order valence-electron chi connectivity index (χ1n) is 4.03. The normalized spacial score (nSPS) is 19.7. The molecule has 1 aliphatic heterocycles. The molecule has 3 nitrogen and oxygen atoms in total. The predicted molar refractivity (Wildman–Crippen MR) is 53.6 cm³/mol. The largest absolute Gasteiger partial charge is 0.374 e. The molecular formula is C7H11N3S2. The van der Waals surface area contributed by atoms with E-state index < -0.39 is 0 Å². The number of aromatic nitrogens is 2. The van der Waals surface area contributed by atoms with Crippen LogP contribution in [0.5, 0.6) is 0 Å². The number of hydrogen-bond donors (Lipinski definition) is 1. The van der Waals surface area contributed by atoms with Gasteiger partial charge in [-0.05, 0) is 24.3 Å². The molecule has 5 heteroatoms. The van der Waals surface area contributed by atoms with Crippen molar-refractivity contribution in [1.82, 2.24) is 9.36 Å². The molecule has 1 aromatic heterocycles. The zero-order chi connectivity index (χ0) is 8.39. The number of rotatable bonds is 1. The molecule has 2 rings (SSSR count). The van der Waals surface area contributed by atoms with Gasteiger partial charge in [-0.15, -0.1) is 0 Å². The standard InChI is InChI=1S/C7H11N3S2/c8-7-9-6(10-12-7)5-1-3-11-4-2-5/h5H,1-4H2,(H2,8,9,10). The molecule has 0 aromatic carbocycles. The second kappa shape index (κ2) is 3.62. The minimum atomic E-state index is 0.569. The second-order valence-corrected chi connectivity index (χ2v) is 4.89. The Balaban J connectivity index is 2.08. The Morgan fingerprint density at radius 1 is 1.33 bits per heavy atom. The minimum absolute atomic E-state index is 0.569. The summed E-state index contributed by atoms with van der Waals surface area (Å²) in [6.45, 7) is 0. The number of thioether (sulfide) groups is 1. The molecule has 12 heavy (non-hydrogen) atoms. The fraction of sp³-hybridized carbons (Fsp3) is 0.714. The molecular weight excluding hydrogens is 190 g/mol. The van der Waals surface area contributed by atoms with Gasteiger partial charge in [-0.2, -0.15) is 16.1 Å². The summed E-state index contributed by atoms with van der Waals surface area (Å²) in [4.78, 5) is 4.21. The zero-order valence-electron chi connectivity index (χ0n) is 6.69. The first-order valence-corrected chi connectivity index (χ1v) is 5.96. The average molecular weight is 201 g/mol. The van der Waals surface area contributed by atoms with Crippen molar-refractivity contribution >= 4 is 28.4 Å². The minimum Gasteiger partial charge on any atom is -0.374 e. The topological polar surface area (TPSA) is 51.8 Å². The number of nitrogens with zero attached hydrogens (tertiary/aromatic N) is 2. The predicted octanol–water partition coefficient (Wildman–Crippen LogP) is 1.73. The third-order valence-electron chi connectivity index (χ3n) is 2.04. The van der Waals surface area contributed by atoms with Crippen LogP contribution in [0.3, 0.4) is 0 Å². The lowest BCUT2D eigenvalue weighted by Gasteiger charge is -2.17. The third kappa shape index (κ3) is 1.72. The van der Waals surface area contributed by atoms with E-state index in [0.29, 0.717) is 11.0 Å². The van der Waals surface area contributed by atoms with Crippen molar-refractivity contribution in [2.75, 3.05) is 17.2 Å². The van der Waals surface area contributed by atoms with Gasteiger partial charge in [-0.25, -0.2) is 4.98 Å². The number of nitrogen functional groups attached to an aromatic ring is 1. The maximum atomic E-state index is 5.52. The van der Waals surface area contributed by atoms with Crippen molar-refractivity contribution in [3.8, 4) is 0 Å². The Morgan fingerprint density at radius 3 is 2.67 bits per heavy atom. The van der Waals surface area contributed by atoms with Crippen LogP contribution in [0, 0.1) is 0 Å². The van der Waals surface area contributed by atoms with E-state index in [4.69, 9.17) is 5.73 Å². The average Bonchev–Trinajstić information content (AvgIpc) is 2.54. The van der Waals surface area contributed by atoms with E-state index in [0.717, 1.165) is 5.82 Å². The van der Waals surface area contributed by atoms with Crippen molar-refractivity contribution in [2.45, 2.75) is 18.8 Å². The maximum Gasteiger partial charge on any atom is 0.199 e. The highest BCUT2D eigenvalue weighted by molar-refractivity contribution is 7.99. The van der Waals surface area contributed by atoms with Crippen LogP contribution >= 0.6 is 23.3 Å². The van der Waals surface area contributed by atoms with Crippen LogP contribution in [-0.4, -0.2) is 20.9 Å². The van der Waals surface area contributed by atoms with Crippen molar-refractivity contribution < 1.29 is 0 Å². The van der Waals surface area contributed by atoms with E-state index in [2.05, 4.69) is 9.36 Å². The van der Waals surface area contributed by atoms with Gasteiger partial charge >= 0.3 is 0 Å². The van der Waals surface area contributed by atoms with Crippen molar-refractivity contribution in [3.63, 3.8) is 0 Å². The third-order valence-corrected chi connectivity index (χ3v) is 3.65. The smallest absolute Gasteiger partial charge is 0.199 e. The number of anilines is 1. The van der Waals surface area contributed by atoms with E-state index in [-0.39, 0.29) is 0 Å². The van der Waals surface area contributed by atoms with E-state index in [9.17, 15) is 0 Å². The molecule has 1 fully saturated rings. The monoisotopic (exact) mass is 201 g/mol. The van der Waals surface area contributed by atoms with Gasteiger partial charge in [0.15, 0.2) is 5.13 Å². The summed E-state index contributed by atoms with van der Waals surface area (Å²) in [7, 11) is 0. The first kappa shape index (κ1) is 8.31. The highest BCUT2D eigenvalue weighted by Gasteiger charge is 2.19. The molecule has 2 heterocycles. The molecule has 1 saturated heterocycles. The van der Waals surface area contributed by atoms with Crippen LogP contribution in [0.25, 0.3) is 0 Å². The molecule has 0 aliphatic carbocycles. The fourth-order valence-corrected chi connectivity index (χ4v) is 2.99. The summed E-state index contributed by atoms with van der Waals surface area (Å²) in [5.74, 6) is 4.02. The Hall–Kier alpha value is -0.290. The van der Waals surface area contributed by atoms with Crippen molar-refractivity contribution in [3.05, 3.63) is 5.82 Å². The van der Waals surface area contributed by atoms with Gasteiger partial charge in [0.2, 0.25) is 0 Å². The molecule has 0 radical (unpaired) electrons. The Morgan fingerprint density at radius 2 is 2.08 bits per heavy atom. The summed E-state index contributed by atoms with van der Waals surface area (Å²) in [5, 5.41) is 0.600. The molecule has 0 bridgehead atoms. The fourth-order valence-electron chi connectivity index (χ4n) is 1.37. The van der Waals surface area contributed by atoms with Gasteiger partial charge in [-0.3, -0.25) is 0 Å². The molecule has 0 unspecified atom stereocenters. The van der Waals surface area contributed by atoms with Crippen molar-refractivity contribution in [1.29, 1.82) is 0 Å². The highest BCUT2D eigenvalue weighted by Crippen LogP contribution is 2.30.